The minimum absolute atomic E-state index is 0.0954. The Bertz CT molecular complexity index is 1010. The van der Waals surface area contributed by atoms with E-state index in [-0.39, 0.29) is 17.4 Å². The highest BCUT2D eigenvalue weighted by Gasteiger charge is 2.37. The van der Waals surface area contributed by atoms with Gasteiger partial charge in [0.2, 0.25) is 0 Å². The van der Waals surface area contributed by atoms with Crippen LogP contribution in [0.15, 0.2) is 30.5 Å². The Balaban J connectivity index is 1.46. The molecule has 166 valence electrons. The maximum atomic E-state index is 13.4. The zero-order valence-corrected chi connectivity index (χ0v) is 17.2. The molecule has 31 heavy (non-hydrogen) atoms. The van der Waals surface area contributed by atoms with Crippen LogP contribution in [-0.2, 0) is 19.1 Å². The predicted octanol–water partition coefficient (Wildman–Crippen LogP) is 4.48. The Morgan fingerprint density at radius 2 is 1.90 bits per heavy atom. The Morgan fingerprint density at radius 1 is 1.19 bits per heavy atom. The number of hydrogen-bond acceptors (Lipinski definition) is 3. The van der Waals surface area contributed by atoms with Crippen molar-refractivity contribution >= 4 is 5.91 Å². The molecule has 0 spiro atoms. The first-order valence-corrected chi connectivity index (χ1v) is 10.3. The van der Waals surface area contributed by atoms with Gasteiger partial charge in [0, 0.05) is 30.9 Å². The molecule has 1 saturated heterocycles. The molecule has 1 aromatic carbocycles. The third-order valence-corrected chi connectivity index (χ3v) is 6.22. The fourth-order valence-electron chi connectivity index (χ4n) is 4.49. The molecule has 0 saturated carbocycles. The van der Waals surface area contributed by atoms with Crippen LogP contribution in [-0.4, -0.2) is 45.5 Å². The number of halogens is 4. The molecular weight excluding hydrogens is 412 g/mol. The van der Waals surface area contributed by atoms with E-state index < -0.39 is 17.6 Å². The molecule has 0 atom stereocenters. The molecule has 2 aliphatic rings. The maximum Gasteiger partial charge on any atom is 0.416 e. The fourth-order valence-corrected chi connectivity index (χ4v) is 4.49. The number of aromatic nitrogens is 2. The van der Waals surface area contributed by atoms with Crippen molar-refractivity contribution in [2.75, 3.05) is 19.6 Å². The molecule has 9 heteroatoms. The average Bonchev–Trinajstić information content (AvgIpc) is 3.16. The SMILES string of the molecule is C=C(C)N1CCc2c(C(=O)N3CCC(c4ccc(F)cc4C(F)(F)F)CC3)n[nH]c2C1. The molecule has 2 aliphatic heterocycles. The normalized spacial score (nSPS) is 17.6. The summed E-state index contributed by atoms with van der Waals surface area (Å²) in [5, 5.41) is 7.19. The number of alkyl halides is 3. The average molecular weight is 436 g/mol. The highest BCUT2D eigenvalue weighted by Crippen LogP contribution is 2.39. The zero-order chi connectivity index (χ0) is 22.3. The Kier molecular flexibility index (Phi) is 5.53. The van der Waals surface area contributed by atoms with Gasteiger partial charge in [0.25, 0.3) is 5.91 Å². The summed E-state index contributed by atoms with van der Waals surface area (Å²) in [4.78, 5) is 16.8. The van der Waals surface area contributed by atoms with Gasteiger partial charge in [-0.05, 0) is 49.8 Å². The summed E-state index contributed by atoms with van der Waals surface area (Å²) >= 11 is 0. The molecule has 1 fully saturated rings. The summed E-state index contributed by atoms with van der Waals surface area (Å²) < 4.78 is 53.5. The number of H-pyrrole nitrogens is 1. The summed E-state index contributed by atoms with van der Waals surface area (Å²) in [6, 6.07) is 2.83. The summed E-state index contributed by atoms with van der Waals surface area (Å²) in [5.74, 6) is -1.48. The number of piperidine rings is 1. The van der Waals surface area contributed by atoms with E-state index in [1.54, 1.807) is 4.90 Å². The first-order valence-electron chi connectivity index (χ1n) is 10.3. The fraction of sp³-hybridized carbons (Fsp3) is 0.455. The van der Waals surface area contributed by atoms with E-state index in [4.69, 9.17) is 0 Å². The summed E-state index contributed by atoms with van der Waals surface area (Å²) in [5.41, 5.74) is 2.32. The van der Waals surface area contributed by atoms with Crippen molar-refractivity contribution in [3.63, 3.8) is 0 Å². The number of benzene rings is 1. The van der Waals surface area contributed by atoms with Gasteiger partial charge in [-0.15, -0.1) is 0 Å². The highest BCUT2D eigenvalue weighted by atomic mass is 19.4. The van der Waals surface area contributed by atoms with E-state index in [0.717, 1.165) is 29.6 Å². The van der Waals surface area contributed by atoms with Gasteiger partial charge in [-0.2, -0.15) is 18.3 Å². The highest BCUT2D eigenvalue weighted by molar-refractivity contribution is 5.94. The van der Waals surface area contributed by atoms with Crippen LogP contribution in [0.25, 0.3) is 0 Å². The van der Waals surface area contributed by atoms with Crippen molar-refractivity contribution in [1.82, 2.24) is 20.0 Å². The van der Waals surface area contributed by atoms with Gasteiger partial charge >= 0.3 is 6.18 Å². The van der Waals surface area contributed by atoms with Crippen molar-refractivity contribution in [2.45, 2.75) is 44.8 Å². The predicted molar refractivity (Wildman–Crippen MR) is 107 cm³/mol. The Labute approximate surface area is 177 Å². The lowest BCUT2D eigenvalue weighted by molar-refractivity contribution is -0.138. The van der Waals surface area contributed by atoms with Gasteiger partial charge in [0.05, 0.1) is 17.8 Å². The number of hydrogen-bond donors (Lipinski definition) is 1. The Morgan fingerprint density at radius 3 is 2.55 bits per heavy atom. The Hall–Kier alpha value is -2.84. The van der Waals surface area contributed by atoms with Gasteiger partial charge in [0.1, 0.15) is 5.82 Å². The molecule has 3 heterocycles. The van der Waals surface area contributed by atoms with Gasteiger partial charge < -0.3 is 9.80 Å². The number of nitrogens with one attached hydrogen (secondary N) is 1. The monoisotopic (exact) mass is 436 g/mol. The molecular formula is C22H24F4N4O. The number of nitrogens with zero attached hydrogens (tertiary/aromatic N) is 3. The van der Waals surface area contributed by atoms with E-state index in [9.17, 15) is 22.4 Å². The molecule has 4 rings (SSSR count). The van der Waals surface area contributed by atoms with Crippen LogP contribution >= 0.6 is 0 Å². The lowest BCUT2D eigenvalue weighted by Gasteiger charge is -2.33. The number of carbonyl (C=O) groups is 1. The number of likely N-dealkylation sites (tertiary alicyclic amines) is 1. The van der Waals surface area contributed by atoms with Gasteiger partial charge in [0.15, 0.2) is 5.69 Å². The van der Waals surface area contributed by atoms with Crippen molar-refractivity contribution in [1.29, 1.82) is 0 Å². The van der Waals surface area contributed by atoms with Crippen molar-refractivity contribution < 1.29 is 22.4 Å². The number of aromatic amines is 1. The van der Waals surface area contributed by atoms with Crippen molar-refractivity contribution in [3.8, 4) is 0 Å². The van der Waals surface area contributed by atoms with Crippen LogP contribution in [0.3, 0.4) is 0 Å². The minimum atomic E-state index is -4.61. The summed E-state index contributed by atoms with van der Waals surface area (Å²) in [7, 11) is 0. The van der Waals surface area contributed by atoms with Crippen LogP contribution < -0.4 is 0 Å². The van der Waals surface area contributed by atoms with E-state index >= 15 is 0 Å². The lowest BCUT2D eigenvalue weighted by Crippen LogP contribution is -2.39. The molecule has 1 amide bonds. The summed E-state index contributed by atoms with van der Waals surface area (Å²) in [6.45, 7) is 7.93. The third-order valence-electron chi connectivity index (χ3n) is 6.22. The van der Waals surface area contributed by atoms with E-state index in [2.05, 4.69) is 21.7 Å². The molecule has 5 nitrogen and oxygen atoms in total. The number of carbonyl (C=O) groups excluding carboxylic acids is 1. The topological polar surface area (TPSA) is 52.2 Å². The quantitative estimate of drug-likeness (QED) is 0.722. The van der Waals surface area contributed by atoms with E-state index in [1.807, 2.05) is 6.92 Å². The molecule has 2 aromatic rings. The molecule has 0 unspecified atom stereocenters. The van der Waals surface area contributed by atoms with Gasteiger partial charge in [-0.3, -0.25) is 9.89 Å². The largest absolute Gasteiger partial charge is 0.416 e. The summed E-state index contributed by atoms with van der Waals surface area (Å²) in [6.07, 6.45) is -3.16. The third kappa shape index (κ3) is 4.18. The zero-order valence-electron chi connectivity index (χ0n) is 17.2. The second-order valence-electron chi connectivity index (χ2n) is 8.23. The number of rotatable bonds is 3. The van der Waals surface area contributed by atoms with Gasteiger partial charge in [-0.25, -0.2) is 4.39 Å². The van der Waals surface area contributed by atoms with Crippen LogP contribution in [0.2, 0.25) is 0 Å². The van der Waals surface area contributed by atoms with Crippen LogP contribution in [0.5, 0.6) is 0 Å². The van der Waals surface area contributed by atoms with Crippen LogP contribution in [0, 0.1) is 5.82 Å². The smallest absolute Gasteiger partial charge is 0.369 e. The molecule has 0 bridgehead atoms. The minimum Gasteiger partial charge on any atom is -0.369 e. The molecule has 1 aromatic heterocycles. The first kappa shape index (κ1) is 21.4. The van der Waals surface area contributed by atoms with Gasteiger partial charge in [-0.1, -0.05) is 12.6 Å². The molecule has 1 N–H and O–H groups in total. The maximum absolute atomic E-state index is 13.4. The lowest BCUT2D eigenvalue weighted by atomic mass is 9.86. The molecule has 0 radical (unpaired) electrons. The number of amides is 1. The van der Waals surface area contributed by atoms with Crippen molar-refractivity contribution in [3.05, 3.63) is 64.4 Å². The van der Waals surface area contributed by atoms with Crippen molar-refractivity contribution in [2.24, 2.45) is 0 Å². The second-order valence-corrected chi connectivity index (χ2v) is 8.23. The van der Waals surface area contributed by atoms with Crippen LogP contribution in [0.4, 0.5) is 17.6 Å². The molecule has 0 aliphatic carbocycles. The second kappa shape index (κ2) is 8.01. The standard InChI is InChI=1S/C22H24F4N4O/c1-13(2)30-10-7-17-19(12-30)27-28-20(17)21(31)29-8-5-14(6-9-29)16-4-3-15(23)11-18(16)22(24,25)26/h3-4,11,14H,1,5-10,12H2,2H3,(H,27,28). The van der Waals surface area contributed by atoms with E-state index in [0.29, 0.717) is 50.7 Å². The van der Waals surface area contributed by atoms with E-state index in [1.165, 1.54) is 6.07 Å². The number of fused-ring (bicyclic) bond motifs is 1. The van der Waals surface area contributed by atoms with Crippen LogP contribution in [0.1, 0.15) is 58.6 Å². The first-order chi connectivity index (χ1) is 14.6. The number of allylic oxidation sites excluding steroid dienone is 1.